The number of hydrogen-bond acceptors (Lipinski definition) is 1. The smallest absolute Gasteiger partial charge is 0.0919 e. The third-order valence-electron chi connectivity index (χ3n) is 0.406. The molecule has 0 amide bonds. The molecule has 0 saturated heterocycles. The molecule has 0 fully saturated rings. The van der Waals surface area contributed by atoms with Gasteiger partial charge in [-0.1, -0.05) is 0 Å². The summed E-state index contributed by atoms with van der Waals surface area (Å²) in [5.74, 6) is 0. The Morgan fingerprint density at radius 2 is 2.14 bits per heavy atom. The summed E-state index contributed by atoms with van der Waals surface area (Å²) in [5, 5.41) is 0. The maximum Gasteiger partial charge on any atom is 0.0919 e. The van der Waals surface area contributed by atoms with Crippen LogP contribution in [0, 0.1) is 0 Å². The van der Waals surface area contributed by atoms with Gasteiger partial charge in [-0.3, -0.25) is 0 Å². The molecule has 0 spiro atoms. The van der Waals surface area contributed by atoms with E-state index in [0.29, 0.717) is 0 Å². The van der Waals surface area contributed by atoms with Gasteiger partial charge in [0.05, 0.1) is 6.33 Å². The Balaban J connectivity index is 0. The normalized spacial score (nSPS) is 5.71. The van der Waals surface area contributed by atoms with E-state index in [1.807, 2.05) is 0 Å². The number of imidazole rings is 1. The zero-order chi connectivity index (χ0) is 3.54. The predicted octanol–water partition coefficient (Wildman–Crippen LogP) is 0.829. The van der Waals surface area contributed by atoms with Crippen LogP contribution in [0.5, 0.6) is 0 Å². The van der Waals surface area contributed by atoms with Crippen LogP contribution < -0.4 is 0 Å². The Morgan fingerprint density at radius 1 is 1.43 bits per heavy atom. The van der Waals surface area contributed by atoms with E-state index in [4.69, 9.17) is 0 Å². The standard InChI is InChI=1S/C3H4N2.ClH.Fe/c1-2-5-3-4-1;;/h1-3H,(H,4,5);1H;. The van der Waals surface area contributed by atoms with Crippen LogP contribution in [-0.2, 0) is 17.1 Å². The first-order chi connectivity index (χ1) is 2.50. The Labute approximate surface area is 58.6 Å². The van der Waals surface area contributed by atoms with E-state index < -0.39 is 0 Å². The van der Waals surface area contributed by atoms with Gasteiger partial charge < -0.3 is 4.98 Å². The van der Waals surface area contributed by atoms with Crippen molar-refractivity contribution in [3.63, 3.8) is 0 Å². The van der Waals surface area contributed by atoms with Gasteiger partial charge in [-0.05, 0) is 0 Å². The summed E-state index contributed by atoms with van der Waals surface area (Å²) >= 11 is 0. The topological polar surface area (TPSA) is 28.7 Å². The molecule has 1 aromatic heterocycles. The van der Waals surface area contributed by atoms with Crippen molar-refractivity contribution >= 4 is 12.4 Å². The number of nitrogens with zero attached hydrogens (tertiary/aromatic N) is 1. The van der Waals surface area contributed by atoms with Gasteiger partial charge in [-0.2, -0.15) is 0 Å². The summed E-state index contributed by atoms with van der Waals surface area (Å²) in [6, 6.07) is 0. The summed E-state index contributed by atoms with van der Waals surface area (Å²) in [6.45, 7) is 0. The minimum Gasteiger partial charge on any atom is -0.351 e. The van der Waals surface area contributed by atoms with E-state index in [2.05, 4.69) is 9.97 Å². The Kier molecular flexibility index (Phi) is 8.68. The molecule has 1 rings (SSSR count). The first-order valence-electron chi connectivity index (χ1n) is 1.43. The van der Waals surface area contributed by atoms with Crippen LogP contribution in [-0.4, -0.2) is 9.97 Å². The molecule has 0 aliphatic heterocycles. The zero-order valence-electron chi connectivity index (χ0n) is 3.44. The van der Waals surface area contributed by atoms with Crippen LogP contribution in [0.15, 0.2) is 18.7 Å². The molecule has 0 unspecified atom stereocenters. The van der Waals surface area contributed by atoms with Crippen LogP contribution in [0.25, 0.3) is 0 Å². The number of nitrogens with one attached hydrogen (secondary N) is 1. The minimum atomic E-state index is 0. The largest absolute Gasteiger partial charge is 0.351 e. The fraction of sp³-hybridized carbons (Fsp3) is 0. The van der Waals surface area contributed by atoms with Crippen LogP contribution in [0.4, 0.5) is 0 Å². The molecular formula is C3H5ClFeN2. The zero-order valence-corrected chi connectivity index (χ0v) is 5.36. The van der Waals surface area contributed by atoms with Crippen molar-refractivity contribution in [3.05, 3.63) is 18.7 Å². The average Bonchev–Trinajstić information content (AvgIpc) is 1.76. The SMILES string of the molecule is Cl.[Fe].c1c[nH]cn1. The molecule has 1 N–H and O–H groups in total. The second-order valence-electron chi connectivity index (χ2n) is 0.761. The third kappa shape index (κ3) is 3.86. The molecule has 1 heterocycles. The summed E-state index contributed by atoms with van der Waals surface area (Å²) in [4.78, 5) is 6.42. The second-order valence-corrected chi connectivity index (χ2v) is 0.761. The molecule has 0 bridgehead atoms. The molecular weight excluding hydrogens is 155 g/mol. The quantitative estimate of drug-likeness (QED) is 0.560. The van der Waals surface area contributed by atoms with Crippen molar-refractivity contribution < 1.29 is 17.1 Å². The summed E-state index contributed by atoms with van der Waals surface area (Å²) < 4.78 is 0. The molecule has 1 aromatic rings. The third-order valence-corrected chi connectivity index (χ3v) is 0.406. The van der Waals surface area contributed by atoms with Gasteiger partial charge in [0, 0.05) is 29.5 Å². The van der Waals surface area contributed by atoms with Gasteiger partial charge in [-0.15, -0.1) is 12.4 Å². The molecule has 42 valence electrons. The van der Waals surface area contributed by atoms with Crippen molar-refractivity contribution in [1.82, 2.24) is 9.97 Å². The van der Waals surface area contributed by atoms with E-state index in [-0.39, 0.29) is 29.5 Å². The Hall–Kier alpha value is 0.0195. The van der Waals surface area contributed by atoms with Crippen molar-refractivity contribution in [3.8, 4) is 0 Å². The minimum absolute atomic E-state index is 0. The van der Waals surface area contributed by atoms with Gasteiger partial charge >= 0.3 is 0 Å². The van der Waals surface area contributed by atoms with E-state index in [0.717, 1.165) is 0 Å². The Morgan fingerprint density at radius 3 is 2.29 bits per heavy atom. The Bertz CT molecular complexity index is 69.4. The van der Waals surface area contributed by atoms with E-state index in [9.17, 15) is 0 Å². The van der Waals surface area contributed by atoms with Crippen molar-refractivity contribution in [2.45, 2.75) is 0 Å². The molecule has 0 saturated carbocycles. The summed E-state index contributed by atoms with van der Waals surface area (Å²) in [7, 11) is 0. The molecule has 0 radical (unpaired) electrons. The first-order valence-corrected chi connectivity index (χ1v) is 1.43. The molecule has 0 atom stereocenters. The molecule has 0 aromatic carbocycles. The van der Waals surface area contributed by atoms with Crippen molar-refractivity contribution in [2.75, 3.05) is 0 Å². The fourth-order valence-corrected chi connectivity index (χ4v) is 0.215. The maximum absolute atomic E-state index is 3.67. The predicted molar refractivity (Wildman–Crippen MR) is 25.8 cm³/mol. The summed E-state index contributed by atoms with van der Waals surface area (Å²) in [5.41, 5.74) is 0. The van der Waals surface area contributed by atoms with Crippen LogP contribution in [0.1, 0.15) is 0 Å². The number of aromatic amines is 1. The van der Waals surface area contributed by atoms with Gasteiger partial charge in [0.15, 0.2) is 0 Å². The van der Waals surface area contributed by atoms with Crippen LogP contribution >= 0.6 is 12.4 Å². The van der Waals surface area contributed by atoms with Crippen molar-refractivity contribution in [1.29, 1.82) is 0 Å². The average molecular weight is 160 g/mol. The molecule has 7 heavy (non-hydrogen) atoms. The van der Waals surface area contributed by atoms with Gasteiger partial charge in [0.2, 0.25) is 0 Å². The summed E-state index contributed by atoms with van der Waals surface area (Å²) in [6.07, 6.45) is 5.08. The molecule has 2 nitrogen and oxygen atoms in total. The van der Waals surface area contributed by atoms with Gasteiger partial charge in [0.1, 0.15) is 0 Å². The van der Waals surface area contributed by atoms with Crippen molar-refractivity contribution in [2.24, 2.45) is 0 Å². The number of hydrogen-bond donors (Lipinski definition) is 1. The number of halogens is 1. The van der Waals surface area contributed by atoms with Crippen LogP contribution in [0.3, 0.4) is 0 Å². The maximum atomic E-state index is 3.67. The van der Waals surface area contributed by atoms with E-state index in [1.165, 1.54) is 0 Å². The van der Waals surface area contributed by atoms with E-state index >= 15 is 0 Å². The molecule has 0 aliphatic carbocycles. The number of rotatable bonds is 0. The van der Waals surface area contributed by atoms with Gasteiger partial charge in [0.25, 0.3) is 0 Å². The second kappa shape index (κ2) is 6.02. The van der Waals surface area contributed by atoms with Crippen LogP contribution in [0.2, 0.25) is 0 Å². The fourth-order valence-electron chi connectivity index (χ4n) is 0.215. The van der Waals surface area contributed by atoms with Gasteiger partial charge in [-0.25, -0.2) is 4.98 Å². The first kappa shape index (κ1) is 10.1. The monoisotopic (exact) mass is 160 g/mol. The number of aromatic nitrogens is 2. The van der Waals surface area contributed by atoms with E-state index in [1.54, 1.807) is 18.7 Å². The number of H-pyrrole nitrogens is 1. The molecule has 0 aliphatic rings. The molecule has 4 heteroatoms.